The Labute approximate surface area is 144 Å². The van der Waals surface area contributed by atoms with Crippen molar-refractivity contribution in [2.24, 2.45) is 0 Å². The summed E-state index contributed by atoms with van der Waals surface area (Å²) in [4.78, 5) is 18.6. The van der Waals surface area contributed by atoms with Gasteiger partial charge < -0.3 is 4.90 Å². The number of hydrogen-bond donors (Lipinski definition) is 0. The van der Waals surface area contributed by atoms with Crippen LogP contribution in [-0.2, 0) is 0 Å². The molecule has 1 saturated heterocycles. The van der Waals surface area contributed by atoms with E-state index >= 15 is 0 Å². The average Bonchev–Trinajstić information content (AvgIpc) is 2.83. The number of pyridine rings is 1. The lowest BCUT2D eigenvalue weighted by Gasteiger charge is -2.21. The van der Waals surface area contributed by atoms with Crippen LogP contribution in [0.25, 0.3) is 0 Å². The van der Waals surface area contributed by atoms with E-state index in [0.29, 0.717) is 42.1 Å². The van der Waals surface area contributed by atoms with Crippen LogP contribution in [0.2, 0.25) is 0 Å². The Hall–Kier alpha value is -1.95. The van der Waals surface area contributed by atoms with Crippen LogP contribution in [0.4, 0.5) is 8.78 Å². The normalized spacial score (nSPS) is 18.3. The van der Waals surface area contributed by atoms with Crippen LogP contribution in [-0.4, -0.2) is 34.6 Å². The molecular weight excluding hydrogens is 330 g/mol. The zero-order chi connectivity index (χ0) is 17.1. The molecule has 0 radical (unpaired) electrons. The van der Waals surface area contributed by atoms with E-state index in [9.17, 15) is 13.6 Å². The van der Waals surface area contributed by atoms with Crippen molar-refractivity contribution < 1.29 is 13.6 Å². The lowest BCUT2D eigenvalue weighted by Crippen LogP contribution is -2.33. The number of amides is 1. The van der Waals surface area contributed by atoms with Crippen molar-refractivity contribution in [1.82, 2.24) is 9.88 Å². The van der Waals surface area contributed by atoms with E-state index in [1.54, 1.807) is 35.0 Å². The molecule has 0 bridgehead atoms. The van der Waals surface area contributed by atoms with Crippen molar-refractivity contribution in [3.05, 3.63) is 65.0 Å². The van der Waals surface area contributed by atoms with Crippen LogP contribution >= 0.6 is 11.8 Å². The van der Waals surface area contributed by atoms with Gasteiger partial charge in [-0.15, -0.1) is 0 Å². The van der Waals surface area contributed by atoms with E-state index in [4.69, 9.17) is 0 Å². The summed E-state index contributed by atoms with van der Waals surface area (Å²) >= 11 is 1.56. The molecule has 1 aromatic carbocycles. The molecule has 0 spiro atoms. The van der Waals surface area contributed by atoms with Gasteiger partial charge in [0.1, 0.15) is 11.6 Å². The highest BCUT2D eigenvalue weighted by molar-refractivity contribution is 7.99. The first-order valence-electron chi connectivity index (χ1n) is 7.83. The molecule has 1 aliphatic rings. The number of rotatable bonds is 2. The van der Waals surface area contributed by atoms with Gasteiger partial charge in [-0.3, -0.25) is 9.78 Å². The number of aromatic nitrogens is 1. The van der Waals surface area contributed by atoms with Crippen LogP contribution in [0.3, 0.4) is 0 Å². The minimum atomic E-state index is -0.435. The molecule has 24 heavy (non-hydrogen) atoms. The quantitative estimate of drug-likeness (QED) is 0.823. The number of benzene rings is 1. The molecule has 3 nitrogen and oxygen atoms in total. The Morgan fingerprint density at radius 1 is 1.29 bits per heavy atom. The summed E-state index contributed by atoms with van der Waals surface area (Å²) in [6, 6.07) is 7.07. The third-order valence-corrected chi connectivity index (χ3v) is 5.48. The topological polar surface area (TPSA) is 33.2 Å². The number of thioether (sulfide) groups is 1. The van der Waals surface area contributed by atoms with E-state index in [-0.39, 0.29) is 11.2 Å². The fourth-order valence-corrected chi connectivity index (χ4v) is 4.11. The first kappa shape index (κ1) is 16.9. The molecule has 2 aromatic rings. The van der Waals surface area contributed by atoms with Crippen molar-refractivity contribution in [1.29, 1.82) is 0 Å². The lowest BCUT2D eigenvalue weighted by molar-refractivity contribution is 0.0765. The molecule has 0 saturated carbocycles. The molecule has 1 atom stereocenters. The number of carbonyl (C=O) groups is 1. The predicted molar refractivity (Wildman–Crippen MR) is 91.1 cm³/mol. The Bertz CT molecular complexity index is 754. The minimum absolute atomic E-state index is 0.0541. The van der Waals surface area contributed by atoms with E-state index in [1.807, 2.05) is 6.92 Å². The summed E-state index contributed by atoms with van der Waals surface area (Å²) in [5.74, 6) is -0.195. The van der Waals surface area contributed by atoms with Gasteiger partial charge in [0.25, 0.3) is 5.91 Å². The maximum absolute atomic E-state index is 14.0. The Balaban J connectivity index is 1.75. The van der Waals surface area contributed by atoms with E-state index in [1.165, 1.54) is 6.07 Å². The summed E-state index contributed by atoms with van der Waals surface area (Å²) in [7, 11) is 0. The fourth-order valence-electron chi connectivity index (χ4n) is 2.86. The van der Waals surface area contributed by atoms with Gasteiger partial charge in [0, 0.05) is 41.5 Å². The first-order chi connectivity index (χ1) is 11.6. The van der Waals surface area contributed by atoms with Crippen LogP contribution in [0.1, 0.15) is 33.3 Å². The lowest BCUT2D eigenvalue weighted by atomic mass is 10.1. The van der Waals surface area contributed by atoms with Crippen LogP contribution in [0.15, 0.2) is 36.5 Å². The summed E-state index contributed by atoms with van der Waals surface area (Å²) in [6.45, 7) is 2.91. The molecule has 1 aromatic heterocycles. The highest BCUT2D eigenvalue weighted by atomic mass is 32.2. The maximum Gasteiger partial charge on any atom is 0.255 e. The van der Waals surface area contributed by atoms with Crippen molar-refractivity contribution in [2.75, 3.05) is 18.8 Å². The second-order valence-electron chi connectivity index (χ2n) is 5.74. The van der Waals surface area contributed by atoms with Crippen molar-refractivity contribution in [2.45, 2.75) is 18.6 Å². The highest BCUT2D eigenvalue weighted by Gasteiger charge is 2.25. The Morgan fingerprint density at radius 3 is 2.92 bits per heavy atom. The van der Waals surface area contributed by atoms with Gasteiger partial charge in [0.05, 0.1) is 5.56 Å². The standard InChI is InChI=1S/C18H18F2N2OS/c1-12-14(3-2-7-21-12)18(23)22-8-6-17(24-10-9-22)15-11-13(19)4-5-16(15)20/h2-5,7,11,17H,6,8-10H2,1H3. The summed E-state index contributed by atoms with van der Waals surface area (Å²) in [6.07, 6.45) is 2.25. The van der Waals surface area contributed by atoms with Crippen LogP contribution in [0, 0.1) is 18.6 Å². The zero-order valence-corrected chi connectivity index (χ0v) is 14.2. The second kappa shape index (κ2) is 7.30. The second-order valence-corrected chi connectivity index (χ2v) is 7.05. The molecule has 1 amide bonds. The van der Waals surface area contributed by atoms with E-state index in [0.717, 1.165) is 12.1 Å². The molecule has 0 N–H and O–H groups in total. The van der Waals surface area contributed by atoms with Crippen LogP contribution in [0.5, 0.6) is 0 Å². The van der Waals surface area contributed by atoms with Crippen molar-refractivity contribution in [3.8, 4) is 0 Å². The van der Waals surface area contributed by atoms with E-state index < -0.39 is 11.6 Å². The van der Waals surface area contributed by atoms with Gasteiger partial charge in [0.15, 0.2) is 0 Å². The van der Waals surface area contributed by atoms with Gasteiger partial charge in [-0.2, -0.15) is 11.8 Å². The van der Waals surface area contributed by atoms with Gasteiger partial charge in [-0.1, -0.05) is 0 Å². The van der Waals surface area contributed by atoms with Gasteiger partial charge >= 0.3 is 0 Å². The third-order valence-electron chi connectivity index (χ3n) is 4.17. The minimum Gasteiger partial charge on any atom is -0.338 e. The number of aryl methyl sites for hydroxylation is 1. The highest BCUT2D eigenvalue weighted by Crippen LogP contribution is 2.36. The Kier molecular flexibility index (Phi) is 5.14. The number of hydrogen-bond acceptors (Lipinski definition) is 3. The number of nitrogens with zero attached hydrogens (tertiary/aromatic N) is 2. The summed E-state index contributed by atoms with van der Waals surface area (Å²) in [5, 5.41) is -0.145. The maximum atomic E-state index is 14.0. The molecule has 2 heterocycles. The monoisotopic (exact) mass is 348 g/mol. The van der Waals surface area contributed by atoms with Gasteiger partial charge in [0.2, 0.25) is 0 Å². The molecule has 1 fully saturated rings. The van der Waals surface area contributed by atoms with Crippen molar-refractivity contribution >= 4 is 17.7 Å². The summed E-state index contributed by atoms with van der Waals surface area (Å²) in [5.41, 5.74) is 1.68. The number of carbonyl (C=O) groups excluding carboxylic acids is 1. The first-order valence-corrected chi connectivity index (χ1v) is 8.88. The molecule has 0 aliphatic carbocycles. The predicted octanol–water partition coefficient (Wildman–Crippen LogP) is 3.99. The molecule has 3 rings (SSSR count). The smallest absolute Gasteiger partial charge is 0.255 e. The fraction of sp³-hybridized carbons (Fsp3) is 0.333. The van der Waals surface area contributed by atoms with Gasteiger partial charge in [-0.05, 0) is 43.7 Å². The average molecular weight is 348 g/mol. The van der Waals surface area contributed by atoms with Crippen LogP contribution < -0.4 is 0 Å². The largest absolute Gasteiger partial charge is 0.338 e. The number of halogens is 2. The van der Waals surface area contributed by atoms with E-state index in [2.05, 4.69) is 4.98 Å². The molecule has 6 heteroatoms. The molecule has 126 valence electrons. The Morgan fingerprint density at radius 2 is 2.12 bits per heavy atom. The van der Waals surface area contributed by atoms with Gasteiger partial charge in [-0.25, -0.2) is 8.78 Å². The third kappa shape index (κ3) is 3.59. The SMILES string of the molecule is Cc1ncccc1C(=O)N1CCSC(c2cc(F)ccc2F)CC1. The molecular formula is C18H18F2N2OS. The zero-order valence-electron chi connectivity index (χ0n) is 13.3. The van der Waals surface area contributed by atoms with Crippen molar-refractivity contribution in [3.63, 3.8) is 0 Å². The molecule has 1 aliphatic heterocycles. The molecule has 1 unspecified atom stereocenters. The summed E-state index contributed by atoms with van der Waals surface area (Å²) < 4.78 is 27.4.